The zero-order valence-corrected chi connectivity index (χ0v) is 37.9. The van der Waals surface area contributed by atoms with Gasteiger partial charge in [-0.05, 0) is 119 Å². The van der Waals surface area contributed by atoms with Crippen LogP contribution in [0.4, 0.5) is 17.1 Å². The van der Waals surface area contributed by atoms with Gasteiger partial charge in [-0.3, -0.25) is 0 Å². The molecule has 1 heteroatoms. The van der Waals surface area contributed by atoms with E-state index in [1.54, 1.807) is 0 Å². The van der Waals surface area contributed by atoms with E-state index >= 15 is 0 Å². The van der Waals surface area contributed by atoms with Gasteiger partial charge in [-0.25, -0.2) is 0 Å². The first-order chi connectivity index (χ1) is 34.3. The molecule has 0 aromatic heterocycles. The molecule has 0 amide bonds. The van der Waals surface area contributed by atoms with Crippen LogP contribution in [0.25, 0.3) is 55.6 Å². The average Bonchev–Trinajstić information content (AvgIpc) is 4.02. The fraction of sp³-hybridized carbons (Fsp3) is 0.0294. The summed E-state index contributed by atoms with van der Waals surface area (Å²) in [7, 11) is 0. The van der Waals surface area contributed by atoms with Crippen molar-refractivity contribution >= 4 is 17.1 Å². The third-order valence-corrected chi connectivity index (χ3v) is 15.3. The maximum absolute atomic E-state index is 2.66. The average molecular weight is 876 g/mol. The smallest absolute Gasteiger partial charge is 0.0726 e. The first-order valence-corrected chi connectivity index (χ1v) is 24.1. The minimum atomic E-state index is -0.652. The van der Waals surface area contributed by atoms with E-state index in [0.29, 0.717) is 0 Å². The van der Waals surface area contributed by atoms with Crippen molar-refractivity contribution in [2.45, 2.75) is 10.8 Å². The van der Waals surface area contributed by atoms with Crippen molar-refractivity contribution in [3.63, 3.8) is 0 Å². The van der Waals surface area contributed by atoms with Crippen LogP contribution >= 0.6 is 0 Å². The molecular formula is C68H45N. The molecule has 3 aliphatic rings. The van der Waals surface area contributed by atoms with Gasteiger partial charge >= 0.3 is 0 Å². The fourth-order valence-corrected chi connectivity index (χ4v) is 12.6. The van der Waals surface area contributed by atoms with E-state index < -0.39 is 10.8 Å². The molecule has 69 heavy (non-hydrogen) atoms. The zero-order chi connectivity index (χ0) is 45.5. The van der Waals surface area contributed by atoms with Gasteiger partial charge in [0, 0.05) is 22.5 Å². The number of hydrogen-bond acceptors (Lipinski definition) is 1. The van der Waals surface area contributed by atoms with E-state index in [-0.39, 0.29) is 0 Å². The van der Waals surface area contributed by atoms with E-state index in [2.05, 4.69) is 278 Å². The minimum Gasteiger partial charge on any atom is -0.309 e. The Balaban J connectivity index is 1.21. The molecule has 11 aromatic carbocycles. The summed E-state index contributed by atoms with van der Waals surface area (Å²) in [5.74, 6) is 0. The highest BCUT2D eigenvalue weighted by molar-refractivity contribution is 6.10. The van der Waals surface area contributed by atoms with E-state index in [0.717, 1.165) is 11.4 Å². The van der Waals surface area contributed by atoms with Gasteiger partial charge in [-0.2, -0.15) is 0 Å². The van der Waals surface area contributed by atoms with E-state index in [1.807, 2.05) is 0 Å². The Morgan fingerprint density at radius 2 is 0.609 bits per heavy atom. The molecule has 322 valence electrons. The van der Waals surface area contributed by atoms with E-state index in [4.69, 9.17) is 0 Å². The van der Waals surface area contributed by atoms with Gasteiger partial charge in [0.05, 0.1) is 16.5 Å². The highest BCUT2D eigenvalue weighted by Crippen LogP contribution is 2.69. The van der Waals surface area contributed by atoms with Gasteiger partial charge in [0.15, 0.2) is 0 Å². The topological polar surface area (TPSA) is 3.24 Å². The SMILES string of the molecule is c1ccc(-c2ccc(N(c3ccccc3)c3c4c(cc5c3-c3cc(-c6ccccc6)ccc3C53c5ccccc5-c5ccccc53)C(c3ccccc3)(c3ccccc3)c3ccccc3-4)cc2)cc1. The molecule has 0 atom stereocenters. The highest BCUT2D eigenvalue weighted by atomic mass is 15.1. The molecule has 11 aromatic rings. The van der Waals surface area contributed by atoms with Crippen LogP contribution in [0.2, 0.25) is 0 Å². The van der Waals surface area contributed by atoms with Gasteiger partial charge in [-0.15, -0.1) is 0 Å². The predicted molar refractivity (Wildman–Crippen MR) is 286 cm³/mol. The number of nitrogens with zero attached hydrogens (tertiary/aromatic N) is 1. The first kappa shape index (κ1) is 39.4. The number of para-hydroxylation sites is 1. The normalized spacial score (nSPS) is 13.7. The molecule has 0 radical (unpaired) electrons. The summed E-state index contributed by atoms with van der Waals surface area (Å²) in [6.07, 6.45) is 0. The highest BCUT2D eigenvalue weighted by Gasteiger charge is 2.56. The molecule has 1 nitrogen and oxygen atoms in total. The molecule has 0 bridgehead atoms. The number of rotatable bonds is 7. The number of anilines is 3. The number of fused-ring (bicyclic) bond motifs is 13. The summed E-state index contributed by atoms with van der Waals surface area (Å²) >= 11 is 0. The van der Waals surface area contributed by atoms with Crippen LogP contribution in [-0.2, 0) is 10.8 Å². The summed E-state index contributed by atoms with van der Waals surface area (Å²) in [6.45, 7) is 0. The molecule has 0 saturated heterocycles. The fourth-order valence-electron chi connectivity index (χ4n) is 12.6. The van der Waals surface area contributed by atoms with E-state index in [9.17, 15) is 0 Å². The van der Waals surface area contributed by atoms with Crippen molar-refractivity contribution in [3.8, 4) is 55.6 Å². The van der Waals surface area contributed by atoms with Crippen molar-refractivity contribution in [1.29, 1.82) is 0 Å². The third kappa shape index (κ3) is 5.53. The Hall–Kier alpha value is -8.78. The second kappa shape index (κ2) is 15.4. The molecule has 0 N–H and O–H groups in total. The van der Waals surface area contributed by atoms with E-state index in [1.165, 1.54) is 106 Å². The maximum atomic E-state index is 2.66. The monoisotopic (exact) mass is 875 g/mol. The van der Waals surface area contributed by atoms with Crippen LogP contribution in [0.15, 0.2) is 273 Å². The number of benzene rings is 11. The second-order valence-corrected chi connectivity index (χ2v) is 18.6. The van der Waals surface area contributed by atoms with Gasteiger partial charge in [0.25, 0.3) is 0 Å². The summed E-state index contributed by atoms with van der Waals surface area (Å²) in [4.78, 5) is 2.58. The van der Waals surface area contributed by atoms with Gasteiger partial charge < -0.3 is 4.90 Å². The zero-order valence-electron chi connectivity index (χ0n) is 37.9. The molecule has 0 heterocycles. The van der Waals surface area contributed by atoms with Gasteiger partial charge in [0.2, 0.25) is 0 Å². The predicted octanol–water partition coefficient (Wildman–Crippen LogP) is 17.2. The summed E-state index contributed by atoms with van der Waals surface area (Å²) < 4.78 is 0. The lowest BCUT2D eigenvalue weighted by atomic mass is 9.65. The van der Waals surface area contributed by atoms with Crippen molar-refractivity contribution in [3.05, 3.63) is 317 Å². The molecule has 0 unspecified atom stereocenters. The molecule has 0 fully saturated rings. The Labute approximate surface area is 403 Å². The Kier molecular flexibility index (Phi) is 8.78. The summed E-state index contributed by atoms with van der Waals surface area (Å²) in [5, 5.41) is 0. The minimum absolute atomic E-state index is 0.621. The van der Waals surface area contributed by atoms with Crippen LogP contribution in [-0.4, -0.2) is 0 Å². The third-order valence-electron chi connectivity index (χ3n) is 15.3. The van der Waals surface area contributed by atoms with Crippen LogP contribution in [0.1, 0.15) is 44.5 Å². The van der Waals surface area contributed by atoms with Gasteiger partial charge in [-0.1, -0.05) is 243 Å². The van der Waals surface area contributed by atoms with Crippen LogP contribution < -0.4 is 4.90 Å². The van der Waals surface area contributed by atoms with Crippen LogP contribution in [0, 0.1) is 0 Å². The van der Waals surface area contributed by atoms with Crippen molar-refractivity contribution in [2.75, 3.05) is 4.90 Å². The van der Waals surface area contributed by atoms with Crippen molar-refractivity contribution in [1.82, 2.24) is 0 Å². The van der Waals surface area contributed by atoms with Crippen molar-refractivity contribution in [2.24, 2.45) is 0 Å². The molecule has 14 rings (SSSR count). The molecule has 0 aliphatic heterocycles. The van der Waals surface area contributed by atoms with Crippen LogP contribution in [0.5, 0.6) is 0 Å². The molecule has 0 saturated carbocycles. The van der Waals surface area contributed by atoms with Gasteiger partial charge in [0.1, 0.15) is 0 Å². The lowest BCUT2D eigenvalue weighted by molar-refractivity contribution is 0.753. The number of hydrogen-bond donors (Lipinski definition) is 0. The lowest BCUT2D eigenvalue weighted by Gasteiger charge is -2.37. The van der Waals surface area contributed by atoms with Crippen molar-refractivity contribution < 1.29 is 0 Å². The Morgan fingerprint density at radius 1 is 0.232 bits per heavy atom. The Morgan fingerprint density at radius 3 is 1.17 bits per heavy atom. The second-order valence-electron chi connectivity index (χ2n) is 18.6. The standard InChI is InChI=1S/C68H45N/c1-6-22-46(23-7-1)48-38-41-53(42-39-48)69(52-30-14-5-15-31-52)66-64-56-34-18-21-37-60(56)67(50-26-10-3-11-27-50,51-28-12-4-13-29-51)62(64)45-63-65(66)57-44-49(47-24-8-2-9-25-47)40-43-61(57)68(63)58-35-19-16-32-54(58)55-33-17-20-36-59(55)68/h1-45H. The molecule has 1 spiro atoms. The summed E-state index contributed by atoms with van der Waals surface area (Å²) in [5.41, 5.74) is 24.8. The quantitative estimate of drug-likeness (QED) is 0.154. The summed E-state index contributed by atoms with van der Waals surface area (Å²) in [6, 6.07) is 102. The maximum Gasteiger partial charge on any atom is 0.0726 e. The molecule has 3 aliphatic carbocycles. The van der Waals surface area contributed by atoms with Crippen LogP contribution in [0.3, 0.4) is 0 Å². The largest absolute Gasteiger partial charge is 0.309 e. The lowest BCUT2D eigenvalue weighted by Crippen LogP contribution is -2.30. The Bertz CT molecular complexity index is 3660. The first-order valence-electron chi connectivity index (χ1n) is 24.1. The molecular weight excluding hydrogens is 831 g/mol.